The SMILES string of the molecule is COc1ccccc1-n1nc(C2CC(C)(C)OC(C)(C)C2)cc1-c1ccnc(C)c1. The lowest BCUT2D eigenvalue weighted by Gasteiger charge is -2.45. The highest BCUT2D eigenvalue weighted by Crippen LogP contribution is 2.44. The fourth-order valence-corrected chi connectivity index (χ4v) is 4.80. The molecule has 0 aliphatic carbocycles. The molecule has 0 spiro atoms. The van der Waals surface area contributed by atoms with Gasteiger partial charge in [-0.2, -0.15) is 5.10 Å². The molecule has 0 radical (unpaired) electrons. The average molecular weight is 406 g/mol. The molecule has 30 heavy (non-hydrogen) atoms. The molecule has 0 amide bonds. The molecule has 1 aliphatic heterocycles. The molecule has 1 aromatic carbocycles. The molecule has 1 fully saturated rings. The van der Waals surface area contributed by atoms with Crippen molar-refractivity contribution in [3.8, 4) is 22.7 Å². The first-order chi connectivity index (χ1) is 14.2. The number of pyridine rings is 1. The number of hydrogen-bond acceptors (Lipinski definition) is 4. The van der Waals surface area contributed by atoms with Gasteiger partial charge in [0.1, 0.15) is 11.4 Å². The predicted molar refractivity (Wildman–Crippen MR) is 119 cm³/mol. The molecule has 158 valence electrons. The average Bonchev–Trinajstić information content (AvgIpc) is 3.11. The van der Waals surface area contributed by atoms with Crippen LogP contribution in [0.4, 0.5) is 0 Å². The van der Waals surface area contributed by atoms with Crippen LogP contribution >= 0.6 is 0 Å². The maximum atomic E-state index is 6.31. The molecule has 1 saturated heterocycles. The van der Waals surface area contributed by atoms with Crippen LogP contribution in [0.2, 0.25) is 0 Å². The van der Waals surface area contributed by atoms with Gasteiger partial charge in [-0.15, -0.1) is 0 Å². The van der Waals surface area contributed by atoms with Crippen LogP contribution in [0.5, 0.6) is 5.75 Å². The normalized spacial score (nSPS) is 18.3. The van der Waals surface area contributed by atoms with E-state index in [9.17, 15) is 0 Å². The Bertz CT molecular complexity index is 1040. The first kappa shape index (κ1) is 20.6. The summed E-state index contributed by atoms with van der Waals surface area (Å²) < 4.78 is 14.0. The Balaban J connectivity index is 1.86. The van der Waals surface area contributed by atoms with Gasteiger partial charge in [0.15, 0.2) is 0 Å². The number of aryl methyl sites for hydroxylation is 1. The van der Waals surface area contributed by atoms with E-state index in [2.05, 4.69) is 44.8 Å². The third-order valence-corrected chi connectivity index (χ3v) is 5.68. The quantitative estimate of drug-likeness (QED) is 0.558. The molecule has 0 bridgehead atoms. The highest BCUT2D eigenvalue weighted by atomic mass is 16.5. The van der Waals surface area contributed by atoms with Gasteiger partial charge in [0.25, 0.3) is 0 Å². The van der Waals surface area contributed by atoms with Crippen molar-refractivity contribution in [3.63, 3.8) is 0 Å². The smallest absolute Gasteiger partial charge is 0.144 e. The Morgan fingerprint density at radius 3 is 2.40 bits per heavy atom. The zero-order valence-corrected chi connectivity index (χ0v) is 18.8. The summed E-state index contributed by atoms with van der Waals surface area (Å²) in [5.41, 5.74) is 4.77. The predicted octanol–water partition coefficient (Wildman–Crippen LogP) is 5.70. The lowest BCUT2D eigenvalue weighted by Crippen LogP contribution is -2.44. The fraction of sp³-hybridized carbons (Fsp3) is 0.440. The van der Waals surface area contributed by atoms with Crippen molar-refractivity contribution in [1.82, 2.24) is 14.8 Å². The zero-order chi connectivity index (χ0) is 21.5. The number of methoxy groups -OCH3 is 1. The molecule has 0 atom stereocenters. The fourth-order valence-electron chi connectivity index (χ4n) is 4.80. The van der Waals surface area contributed by atoms with Gasteiger partial charge >= 0.3 is 0 Å². The molecule has 2 aromatic heterocycles. The van der Waals surface area contributed by atoms with Crippen molar-refractivity contribution >= 4 is 0 Å². The Labute approximate surface area is 179 Å². The first-order valence-electron chi connectivity index (χ1n) is 10.5. The van der Waals surface area contributed by atoms with Crippen LogP contribution in [0.15, 0.2) is 48.7 Å². The number of aromatic nitrogens is 3. The van der Waals surface area contributed by atoms with Crippen LogP contribution in [0.1, 0.15) is 57.8 Å². The highest BCUT2D eigenvalue weighted by Gasteiger charge is 2.41. The summed E-state index contributed by atoms with van der Waals surface area (Å²) >= 11 is 0. The zero-order valence-electron chi connectivity index (χ0n) is 18.8. The summed E-state index contributed by atoms with van der Waals surface area (Å²) in [5, 5.41) is 5.11. The van der Waals surface area contributed by atoms with Gasteiger partial charge in [-0.3, -0.25) is 4.98 Å². The van der Waals surface area contributed by atoms with Gasteiger partial charge in [0, 0.05) is 23.4 Å². The number of nitrogens with zero attached hydrogens (tertiary/aromatic N) is 3. The summed E-state index contributed by atoms with van der Waals surface area (Å²) in [7, 11) is 1.70. The molecule has 5 heteroatoms. The molecule has 3 heterocycles. The second kappa shape index (κ2) is 7.55. The highest BCUT2D eigenvalue weighted by molar-refractivity contribution is 5.64. The maximum absolute atomic E-state index is 6.31. The van der Waals surface area contributed by atoms with Crippen molar-refractivity contribution in [1.29, 1.82) is 0 Å². The van der Waals surface area contributed by atoms with Gasteiger partial charge in [0.2, 0.25) is 0 Å². The van der Waals surface area contributed by atoms with E-state index in [0.29, 0.717) is 5.92 Å². The lowest BCUT2D eigenvalue weighted by atomic mass is 9.79. The van der Waals surface area contributed by atoms with Crippen LogP contribution in [0.3, 0.4) is 0 Å². The van der Waals surface area contributed by atoms with Gasteiger partial charge in [0.05, 0.1) is 29.7 Å². The summed E-state index contributed by atoms with van der Waals surface area (Å²) in [6.45, 7) is 10.7. The number of hydrogen-bond donors (Lipinski definition) is 0. The summed E-state index contributed by atoms with van der Waals surface area (Å²) in [4.78, 5) is 4.37. The minimum atomic E-state index is -0.186. The van der Waals surface area contributed by atoms with E-state index in [0.717, 1.165) is 46.9 Å². The van der Waals surface area contributed by atoms with Gasteiger partial charge in [-0.25, -0.2) is 4.68 Å². The Morgan fingerprint density at radius 1 is 1.03 bits per heavy atom. The maximum Gasteiger partial charge on any atom is 0.144 e. The van der Waals surface area contributed by atoms with Crippen molar-refractivity contribution in [3.05, 3.63) is 60.0 Å². The van der Waals surface area contributed by atoms with Gasteiger partial charge in [-0.1, -0.05) is 12.1 Å². The Morgan fingerprint density at radius 2 is 1.73 bits per heavy atom. The largest absolute Gasteiger partial charge is 0.494 e. The van der Waals surface area contributed by atoms with Gasteiger partial charge in [-0.05, 0) is 77.8 Å². The number of ether oxygens (including phenoxy) is 2. The monoisotopic (exact) mass is 405 g/mol. The topological polar surface area (TPSA) is 49.2 Å². The minimum absolute atomic E-state index is 0.186. The van der Waals surface area contributed by atoms with E-state index >= 15 is 0 Å². The molecule has 3 aromatic rings. The van der Waals surface area contributed by atoms with Gasteiger partial charge < -0.3 is 9.47 Å². The number of benzene rings is 1. The summed E-state index contributed by atoms with van der Waals surface area (Å²) in [6, 6.07) is 14.4. The third-order valence-electron chi connectivity index (χ3n) is 5.68. The van der Waals surface area contributed by atoms with E-state index in [-0.39, 0.29) is 11.2 Å². The summed E-state index contributed by atoms with van der Waals surface area (Å²) in [6.07, 6.45) is 3.73. The minimum Gasteiger partial charge on any atom is -0.494 e. The Kier molecular flexibility index (Phi) is 5.18. The van der Waals surface area contributed by atoms with E-state index in [4.69, 9.17) is 14.6 Å². The molecular formula is C25H31N3O2. The molecule has 0 saturated carbocycles. The van der Waals surface area contributed by atoms with E-state index < -0.39 is 0 Å². The molecule has 0 unspecified atom stereocenters. The lowest BCUT2D eigenvalue weighted by molar-refractivity contribution is -0.162. The molecule has 5 nitrogen and oxygen atoms in total. The third kappa shape index (κ3) is 4.12. The molecule has 1 aliphatic rings. The number of para-hydroxylation sites is 2. The molecule has 0 N–H and O–H groups in total. The van der Waals surface area contributed by atoms with E-state index in [1.165, 1.54) is 0 Å². The van der Waals surface area contributed by atoms with Crippen molar-refractivity contribution < 1.29 is 9.47 Å². The van der Waals surface area contributed by atoms with E-state index in [1.54, 1.807) is 7.11 Å². The molecular weight excluding hydrogens is 374 g/mol. The second-order valence-electron chi connectivity index (χ2n) is 9.45. The van der Waals surface area contributed by atoms with Crippen LogP contribution in [-0.2, 0) is 4.74 Å². The van der Waals surface area contributed by atoms with Crippen LogP contribution in [-0.4, -0.2) is 33.1 Å². The number of rotatable bonds is 4. The second-order valence-corrected chi connectivity index (χ2v) is 9.45. The Hall–Kier alpha value is -2.66. The standard InChI is InChI=1S/C25H31N3O2/c1-17-13-18(11-12-26-17)22-14-20(19-15-24(2,3)30-25(4,5)16-19)27-28(22)21-9-7-8-10-23(21)29-6/h7-14,19H,15-16H2,1-6H3. The van der Waals surface area contributed by atoms with Crippen LogP contribution < -0.4 is 4.74 Å². The van der Waals surface area contributed by atoms with Crippen molar-refractivity contribution in [2.24, 2.45) is 0 Å². The first-order valence-corrected chi connectivity index (χ1v) is 10.5. The van der Waals surface area contributed by atoms with Crippen molar-refractivity contribution in [2.45, 2.75) is 64.6 Å². The van der Waals surface area contributed by atoms with Crippen LogP contribution in [0.25, 0.3) is 16.9 Å². The summed E-state index contributed by atoms with van der Waals surface area (Å²) in [5.74, 6) is 1.12. The molecule has 4 rings (SSSR count). The van der Waals surface area contributed by atoms with Crippen molar-refractivity contribution in [2.75, 3.05) is 7.11 Å². The van der Waals surface area contributed by atoms with Crippen LogP contribution in [0, 0.1) is 6.92 Å². The van der Waals surface area contributed by atoms with E-state index in [1.807, 2.05) is 48.1 Å².